The normalized spacial score (nSPS) is 20.4. The van der Waals surface area contributed by atoms with Crippen molar-refractivity contribution in [3.05, 3.63) is 0 Å². The minimum absolute atomic E-state index is 0. The van der Waals surface area contributed by atoms with Crippen LogP contribution in [0.2, 0.25) is 0 Å². The van der Waals surface area contributed by atoms with Gasteiger partial charge in [0.1, 0.15) is 0 Å². The molecule has 0 spiro atoms. The second-order valence-corrected chi connectivity index (χ2v) is 3.12. The van der Waals surface area contributed by atoms with Crippen LogP contribution in [0, 0.1) is 5.92 Å². The molecule has 0 bridgehead atoms. The van der Waals surface area contributed by atoms with Gasteiger partial charge in [0.2, 0.25) is 0 Å². The molecule has 0 amide bonds. The van der Waals surface area contributed by atoms with Crippen LogP contribution in [0.15, 0.2) is 0 Å². The Bertz CT molecular complexity index is 300. The molecule has 1 fully saturated rings. The number of hydrogen-bond acceptors (Lipinski definition) is 7. The zero-order valence-electron chi connectivity index (χ0n) is 6.85. The van der Waals surface area contributed by atoms with Crippen molar-refractivity contribution < 1.29 is 48.9 Å². The molecule has 1 rings (SSSR count). The van der Waals surface area contributed by atoms with Crippen LogP contribution in [-0.2, 0) is 41.8 Å². The molecule has 14 heavy (non-hydrogen) atoms. The van der Waals surface area contributed by atoms with E-state index < -0.39 is 22.3 Å². The molecule has 1 atom stereocenters. The summed E-state index contributed by atoms with van der Waals surface area (Å²) in [5.74, 6) is -1.01. The van der Waals surface area contributed by atoms with Crippen LogP contribution in [0.1, 0.15) is 13.3 Å². The second kappa shape index (κ2) is 6.10. The maximum absolute atomic E-state index is 10.3. The summed E-state index contributed by atoms with van der Waals surface area (Å²) in [6, 6.07) is 0. The van der Waals surface area contributed by atoms with Crippen molar-refractivity contribution in [1.82, 2.24) is 0 Å². The molecular formula is C5H6CuO7S. The topological polar surface area (TPSA) is 124 Å². The molecule has 1 saturated heterocycles. The summed E-state index contributed by atoms with van der Waals surface area (Å²) in [5, 5.41) is 0. The molecule has 0 aromatic rings. The number of carbonyl (C=O) groups is 2. The van der Waals surface area contributed by atoms with Crippen LogP contribution < -0.4 is 0 Å². The van der Waals surface area contributed by atoms with Gasteiger partial charge in [-0.3, -0.25) is 18.0 Å². The van der Waals surface area contributed by atoms with Crippen LogP contribution in [-0.4, -0.2) is 29.5 Å². The van der Waals surface area contributed by atoms with E-state index in [0.717, 1.165) is 0 Å². The maximum atomic E-state index is 10.3. The molecule has 1 aliphatic rings. The first-order chi connectivity index (χ1) is 5.70. The van der Waals surface area contributed by atoms with Gasteiger partial charge in [-0.2, -0.15) is 0 Å². The Kier molecular flexibility index (Phi) is 6.96. The van der Waals surface area contributed by atoms with E-state index in [9.17, 15) is 9.59 Å². The molecular weight excluding hydrogens is 268 g/mol. The van der Waals surface area contributed by atoms with Gasteiger partial charge in [0, 0.05) is 10.4 Å². The van der Waals surface area contributed by atoms with Crippen molar-refractivity contribution in [2.75, 3.05) is 0 Å². The first-order valence-electron chi connectivity index (χ1n) is 3.11. The molecule has 1 aliphatic heterocycles. The Hall–Kier alpha value is -0.471. The largest absolute Gasteiger partial charge is 2.00 e. The number of rotatable bonds is 0. The minimum Gasteiger partial charge on any atom is -0.759 e. The Balaban J connectivity index is 0. The Morgan fingerprint density at radius 1 is 1.36 bits per heavy atom. The summed E-state index contributed by atoms with van der Waals surface area (Å²) in [6.07, 6.45) is 0.249. The van der Waals surface area contributed by atoms with Gasteiger partial charge in [-0.15, -0.1) is 0 Å². The maximum Gasteiger partial charge on any atom is 2.00 e. The van der Waals surface area contributed by atoms with Crippen molar-refractivity contribution in [3.8, 4) is 0 Å². The van der Waals surface area contributed by atoms with E-state index >= 15 is 0 Å². The van der Waals surface area contributed by atoms with Crippen LogP contribution in [0.25, 0.3) is 0 Å². The third-order valence-electron chi connectivity index (χ3n) is 1.09. The fraction of sp³-hybridized carbons (Fsp3) is 0.600. The van der Waals surface area contributed by atoms with Crippen LogP contribution in [0.4, 0.5) is 0 Å². The minimum atomic E-state index is -5.17. The van der Waals surface area contributed by atoms with E-state index in [1.165, 1.54) is 0 Å². The van der Waals surface area contributed by atoms with Gasteiger partial charge >= 0.3 is 29.0 Å². The quantitative estimate of drug-likeness (QED) is 0.178. The standard InChI is InChI=1S/C5H6O3.Cu.H2O4S/c1-3-2-4(6)8-5(3)7;;1-5(2,3)4/h3H,2H2,1H3;;(H2,1,2,3,4)/q;+2;/p-2. The first-order valence-corrected chi connectivity index (χ1v) is 4.44. The molecule has 0 saturated carbocycles. The predicted octanol–water partition coefficient (Wildman–Crippen LogP) is -1.24. The Morgan fingerprint density at radius 2 is 1.71 bits per heavy atom. The molecule has 7 nitrogen and oxygen atoms in total. The predicted molar refractivity (Wildman–Crippen MR) is 35.4 cm³/mol. The van der Waals surface area contributed by atoms with Gasteiger partial charge in [0.15, 0.2) is 0 Å². The van der Waals surface area contributed by atoms with Gasteiger partial charge in [0.25, 0.3) is 0 Å². The smallest absolute Gasteiger partial charge is 0.759 e. The summed E-state index contributed by atoms with van der Waals surface area (Å²) in [5.41, 5.74) is 0. The summed E-state index contributed by atoms with van der Waals surface area (Å²) in [7, 11) is -5.17. The van der Waals surface area contributed by atoms with E-state index in [2.05, 4.69) is 4.74 Å². The third-order valence-corrected chi connectivity index (χ3v) is 1.09. The first kappa shape index (κ1) is 16.0. The van der Waals surface area contributed by atoms with E-state index in [1.54, 1.807) is 6.92 Å². The molecule has 1 radical (unpaired) electrons. The SMILES string of the molecule is CC1CC(=O)OC1=O.O=S(=O)([O-])[O-].[Cu+2]. The summed E-state index contributed by atoms with van der Waals surface area (Å²) >= 11 is 0. The summed E-state index contributed by atoms with van der Waals surface area (Å²) in [6.45, 7) is 1.67. The van der Waals surface area contributed by atoms with Crippen LogP contribution in [0.5, 0.6) is 0 Å². The van der Waals surface area contributed by atoms with E-state index in [1.807, 2.05) is 0 Å². The van der Waals surface area contributed by atoms with Gasteiger partial charge in [-0.25, -0.2) is 0 Å². The average molecular weight is 274 g/mol. The number of hydrogen-bond donors (Lipinski definition) is 0. The second-order valence-electron chi connectivity index (χ2n) is 2.31. The zero-order valence-corrected chi connectivity index (χ0v) is 8.61. The molecule has 0 aliphatic carbocycles. The van der Waals surface area contributed by atoms with Gasteiger partial charge < -0.3 is 13.8 Å². The number of ether oxygens (including phenoxy) is 1. The number of carbonyl (C=O) groups excluding carboxylic acids is 2. The van der Waals surface area contributed by atoms with Crippen molar-refractivity contribution in [3.63, 3.8) is 0 Å². The van der Waals surface area contributed by atoms with Crippen molar-refractivity contribution >= 4 is 22.3 Å². The fourth-order valence-electron chi connectivity index (χ4n) is 0.588. The molecule has 0 aromatic carbocycles. The Labute approximate surface area is 90.9 Å². The molecule has 85 valence electrons. The van der Waals surface area contributed by atoms with Crippen molar-refractivity contribution in [1.29, 1.82) is 0 Å². The van der Waals surface area contributed by atoms with Gasteiger partial charge in [0.05, 0.1) is 12.3 Å². The summed E-state index contributed by atoms with van der Waals surface area (Å²) in [4.78, 5) is 20.6. The van der Waals surface area contributed by atoms with Gasteiger partial charge in [-0.1, -0.05) is 6.92 Å². The van der Waals surface area contributed by atoms with Crippen molar-refractivity contribution in [2.24, 2.45) is 5.92 Å². The van der Waals surface area contributed by atoms with E-state index in [0.29, 0.717) is 0 Å². The third kappa shape index (κ3) is 9.62. The molecule has 9 heteroatoms. The van der Waals surface area contributed by atoms with Crippen molar-refractivity contribution in [2.45, 2.75) is 13.3 Å². The Morgan fingerprint density at radius 3 is 1.79 bits per heavy atom. The molecule has 1 unspecified atom stereocenters. The number of esters is 2. The zero-order chi connectivity index (χ0) is 10.6. The van der Waals surface area contributed by atoms with E-state index in [4.69, 9.17) is 17.5 Å². The number of cyclic esters (lactones) is 2. The molecule has 1 heterocycles. The monoisotopic (exact) mass is 273 g/mol. The molecule has 0 N–H and O–H groups in total. The van der Waals surface area contributed by atoms with Crippen LogP contribution in [0.3, 0.4) is 0 Å². The molecule has 0 aromatic heterocycles. The van der Waals surface area contributed by atoms with E-state index in [-0.39, 0.29) is 29.4 Å². The average Bonchev–Trinajstić information content (AvgIpc) is 2.05. The summed E-state index contributed by atoms with van der Waals surface area (Å²) < 4.78 is 38.3. The van der Waals surface area contributed by atoms with Gasteiger partial charge in [-0.05, 0) is 0 Å². The van der Waals surface area contributed by atoms with Crippen LogP contribution >= 0.6 is 0 Å². The fourth-order valence-corrected chi connectivity index (χ4v) is 0.588.